The lowest BCUT2D eigenvalue weighted by Gasteiger charge is -2.32. The molecule has 0 saturated heterocycles. The first-order chi connectivity index (χ1) is 8.56. The lowest BCUT2D eigenvalue weighted by Crippen LogP contribution is -2.50. The molecule has 0 spiro atoms. The van der Waals surface area contributed by atoms with E-state index in [0.717, 1.165) is 0 Å². The van der Waals surface area contributed by atoms with Gasteiger partial charge in [0.25, 0.3) is 0 Å². The maximum absolute atomic E-state index is 3.87. The Bertz CT molecular complexity index is 448. The zero-order chi connectivity index (χ0) is 13.2. The Hall–Kier alpha value is -0.863. The Morgan fingerprint density at radius 2 is 1.94 bits per heavy atom. The third-order valence-corrected chi connectivity index (χ3v) is 7.35. The van der Waals surface area contributed by atoms with Gasteiger partial charge < -0.3 is 4.98 Å². The number of fused-ring (bicyclic) bond motifs is 1. The van der Waals surface area contributed by atoms with Crippen LogP contribution in [0, 0.1) is 0 Å². The standard InChI is InChI=1S/C16H25NSi/c1-5-6-11-17-18(3,4)16-13(2)12-14-9-7-8-10-15(14)16/h7-10,12,16-17H,5-6,11H2,1-4H3. The molecule has 0 aliphatic heterocycles. The van der Waals surface area contributed by atoms with E-state index in [1.807, 2.05) is 0 Å². The lowest BCUT2D eigenvalue weighted by atomic mass is 10.1. The summed E-state index contributed by atoms with van der Waals surface area (Å²) in [6.45, 7) is 10.6. The molecule has 0 bridgehead atoms. The minimum absolute atomic E-state index is 0.644. The lowest BCUT2D eigenvalue weighted by molar-refractivity contribution is 0.745. The van der Waals surface area contributed by atoms with Gasteiger partial charge in [-0.25, -0.2) is 0 Å². The molecule has 1 aromatic carbocycles. The quantitative estimate of drug-likeness (QED) is 0.613. The zero-order valence-corrected chi connectivity index (χ0v) is 13.1. The van der Waals surface area contributed by atoms with Crippen LogP contribution >= 0.6 is 0 Å². The summed E-state index contributed by atoms with van der Waals surface area (Å²) in [7, 11) is -1.44. The molecule has 1 N–H and O–H groups in total. The summed E-state index contributed by atoms with van der Waals surface area (Å²) < 4.78 is 0. The molecule has 1 unspecified atom stereocenters. The van der Waals surface area contributed by atoms with Gasteiger partial charge in [0.05, 0.1) is 0 Å². The number of hydrogen-bond acceptors (Lipinski definition) is 1. The van der Waals surface area contributed by atoms with Crippen molar-refractivity contribution in [2.75, 3.05) is 6.54 Å². The molecule has 98 valence electrons. The number of nitrogens with one attached hydrogen (secondary N) is 1. The molecule has 0 radical (unpaired) electrons. The van der Waals surface area contributed by atoms with Crippen LogP contribution in [0.25, 0.3) is 6.08 Å². The summed E-state index contributed by atoms with van der Waals surface area (Å²) in [5.74, 6) is 0. The number of rotatable bonds is 5. The molecule has 0 aromatic heterocycles. The van der Waals surface area contributed by atoms with Crippen molar-refractivity contribution < 1.29 is 0 Å². The van der Waals surface area contributed by atoms with Crippen LogP contribution in [0.15, 0.2) is 29.8 Å². The predicted octanol–water partition coefficient (Wildman–Crippen LogP) is 4.32. The molecule has 0 heterocycles. The number of hydrogen-bond donors (Lipinski definition) is 1. The van der Waals surface area contributed by atoms with Crippen molar-refractivity contribution in [3.63, 3.8) is 0 Å². The van der Waals surface area contributed by atoms with Gasteiger partial charge in [0.15, 0.2) is 0 Å². The minimum Gasteiger partial charge on any atom is -0.337 e. The Kier molecular flexibility index (Phi) is 4.08. The highest BCUT2D eigenvalue weighted by Gasteiger charge is 2.37. The van der Waals surface area contributed by atoms with Crippen molar-refractivity contribution >= 4 is 14.3 Å². The van der Waals surface area contributed by atoms with E-state index in [-0.39, 0.29) is 0 Å². The van der Waals surface area contributed by atoms with Crippen molar-refractivity contribution in [1.29, 1.82) is 0 Å². The van der Waals surface area contributed by atoms with Crippen molar-refractivity contribution in [1.82, 2.24) is 4.98 Å². The molecule has 0 fully saturated rings. The average Bonchev–Trinajstić information content (AvgIpc) is 2.65. The topological polar surface area (TPSA) is 12.0 Å². The zero-order valence-electron chi connectivity index (χ0n) is 12.1. The van der Waals surface area contributed by atoms with E-state index < -0.39 is 8.24 Å². The third kappa shape index (κ3) is 2.60. The molecule has 18 heavy (non-hydrogen) atoms. The van der Waals surface area contributed by atoms with Gasteiger partial charge in [0.2, 0.25) is 0 Å². The van der Waals surface area contributed by atoms with Crippen LogP contribution in [0.5, 0.6) is 0 Å². The summed E-state index contributed by atoms with van der Waals surface area (Å²) in [5, 5.41) is 0. The van der Waals surface area contributed by atoms with Crippen LogP contribution in [0.3, 0.4) is 0 Å². The van der Waals surface area contributed by atoms with Gasteiger partial charge in [-0.1, -0.05) is 62.4 Å². The molecule has 1 aromatic rings. The summed E-state index contributed by atoms with van der Waals surface area (Å²) in [5.41, 5.74) is 5.15. The molecule has 1 nitrogen and oxygen atoms in total. The molecular formula is C16H25NSi. The fourth-order valence-corrected chi connectivity index (χ4v) is 6.41. The van der Waals surface area contributed by atoms with E-state index in [0.29, 0.717) is 5.54 Å². The minimum atomic E-state index is -1.44. The second-order valence-corrected chi connectivity index (χ2v) is 10.3. The third-order valence-electron chi connectivity index (χ3n) is 3.98. The summed E-state index contributed by atoms with van der Waals surface area (Å²) in [6, 6.07) is 8.87. The van der Waals surface area contributed by atoms with Gasteiger partial charge in [0.1, 0.15) is 8.24 Å². The Morgan fingerprint density at radius 3 is 2.67 bits per heavy atom. The van der Waals surface area contributed by atoms with Crippen molar-refractivity contribution in [3.05, 3.63) is 41.0 Å². The van der Waals surface area contributed by atoms with Gasteiger partial charge >= 0.3 is 0 Å². The summed E-state index contributed by atoms with van der Waals surface area (Å²) in [6.07, 6.45) is 4.93. The Labute approximate surface area is 112 Å². The van der Waals surface area contributed by atoms with E-state index in [1.54, 1.807) is 0 Å². The molecule has 0 amide bonds. The van der Waals surface area contributed by atoms with E-state index in [4.69, 9.17) is 0 Å². The van der Waals surface area contributed by atoms with Gasteiger partial charge in [-0.2, -0.15) is 0 Å². The van der Waals surface area contributed by atoms with Gasteiger partial charge in [-0.3, -0.25) is 0 Å². The second kappa shape index (κ2) is 5.41. The van der Waals surface area contributed by atoms with Crippen LogP contribution in [-0.2, 0) is 0 Å². The molecular weight excluding hydrogens is 234 g/mol. The van der Waals surface area contributed by atoms with E-state index in [9.17, 15) is 0 Å². The highest BCUT2D eigenvalue weighted by Crippen LogP contribution is 2.40. The maximum Gasteiger partial charge on any atom is 0.131 e. The van der Waals surface area contributed by atoms with Crippen molar-refractivity contribution in [3.8, 4) is 0 Å². The molecule has 1 aliphatic carbocycles. The maximum atomic E-state index is 3.87. The van der Waals surface area contributed by atoms with Gasteiger partial charge in [-0.05, 0) is 31.0 Å². The number of benzene rings is 1. The van der Waals surface area contributed by atoms with E-state index >= 15 is 0 Å². The highest BCUT2D eigenvalue weighted by atomic mass is 28.3. The Morgan fingerprint density at radius 1 is 1.22 bits per heavy atom. The monoisotopic (exact) mass is 259 g/mol. The second-order valence-electron chi connectivity index (χ2n) is 5.95. The molecule has 2 rings (SSSR count). The van der Waals surface area contributed by atoms with Crippen LogP contribution < -0.4 is 4.98 Å². The fraction of sp³-hybridized carbons (Fsp3) is 0.500. The number of allylic oxidation sites excluding steroid dienone is 1. The van der Waals surface area contributed by atoms with Crippen molar-refractivity contribution in [2.45, 2.75) is 45.3 Å². The molecule has 1 atom stereocenters. The predicted molar refractivity (Wildman–Crippen MR) is 83.2 cm³/mol. The largest absolute Gasteiger partial charge is 0.337 e. The van der Waals surface area contributed by atoms with E-state index in [1.165, 1.54) is 36.1 Å². The highest BCUT2D eigenvalue weighted by molar-refractivity contribution is 6.77. The van der Waals surface area contributed by atoms with Crippen LogP contribution in [-0.4, -0.2) is 14.8 Å². The van der Waals surface area contributed by atoms with Crippen LogP contribution in [0.2, 0.25) is 13.1 Å². The van der Waals surface area contributed by atoms with Gasteiger partial charge in [0, 0.05) is 5.54 Å². The summed E-state index contributed by atoms with van der Waals surface area (Å²) in [4.78, 5) is 3.87. The first-order valence-corrected chi connectivity index (χ1v) is 10.2. The molecule has 0 saturated carbocycles. The SMILES string of the molecule is CCCCN[Si](C)(C)C1C(C)=Cc2ccccc21. The number of unbranched alkanes of at least 4 members (excludes halogenated alkanes) is 1. The average molecular weight is 259 g/mol. The van der Waals surface area contributed by atoms with Crippen LogP contribution in [0.4, 0.5) is 0 Å². The molecule has 2 heteroatoms. The molecule has 1 aliphatic rings. The smallest absolute Gasteiger partial charge is 0.131 e. The van der Waals surface area contributed by atoms with E-state index in [2.05, 4.69) is 62.3 Å². The Balaban J connectivity index is 2.20. The fourth-order valence-electron chi connectivity index (χ4n) is 3.13. The van der Waals surface area contributed by atoms with Crippen molar-refractivity contribution in [2.24, 2.45) is 0 Å². The summed E-state index contributed by atoms with van der Waals surface area (Å²) >= 11 is 0. The first-order valence-electron chi connectivity index (χ1n) is 7.08. The first kappa shape index (κ1) is 13.6. The normalized spacial score (nSPS) is 18.7. The van der Waals surface area contributed by atoms with Crippen LogP contribution in [0.1, 0.15) is 43.4 Å². The van der Waals surface area contributed by atoms with Gasteiger partial charge in [-0.15, -0.1) is 0 Å².